The van der Waals surface area contributed by atoms with E-state index in [1.54, 1.807) is 11.0 Å². The van der Waals surface area contributed by atoms with Gasteiger partial charge in [0.1, 0.15) is 10.6 Å². The lowest BCUT2D eigenvalue weighted by molar-refractivity contribution is 0.0981. The molecule has 0 fully saturated rings. The summed E-state index contributed by atoms with van der Waals surface area (Å²) in [7, 11) is 0.564. The molecule has 6 nitrogen and oxygen atoms in total. The number of carbonyl (C=O) groups is 1. The molecule has 0 aliphatic carbocycles. The van der Waals surface area contributed by atoms with Gasteiger partial charge in [-0.05, 0) is 43.2 Å². The largest absolute Gasteiger partial charge is 0.495 e. The fourth-order valence-electron chi connectivity index (χ4n) is 3.22. The maximum Gasteiger partial charge on any atom is 0.258 e. The quantitative estimate of drug-likeness (QED) is 0.825. The van der Waals surface area contributed by atoms with Crippen LogP contribution in [0, 0.1) is 0 Å². The number of carbonyl (C=O) groups excluding carboxylic acids is 1. The zero-order chi connectivity index (χ0) is 19.1. The van der Waals surface area contributed by atoms with Gasteiger partial charge >= 0.3 is 0 Å². The third-order valence-corrected chi connectivity index (χ3v) is 6.43. The Kier molecular flexibility index (Phi) is 4.77. The summed E-state index contributed by atoms with van der Waals surface area (Å²) < 4.78 is 31.5. The molecule has 1 amide bonds. The van der Waals surface area contributed by atoms with Crippen molar-refractivity contribution >= 4 is 21.6 Å². The van der Waals surface area contributed by atoms with Crippen molar-refractivity contribution in [3.63, 3.8) is 0 Å². The van der Waals surface area contributed by atoms with E-state index in [4.69, 9.17) is 4.74 Å². The highest BCUT2D eigenvalue weighted by Crippen LogP contribution is 2.34. The van der Waals surface area contributed by atoms with Gasteiger partial charge in [0.25, 0.3) is 5.91 Å². The Morgan fingerprint density at radius 2 is 1.88 bits per heavy atom. The van der Waals surface area contributed by atoms with E-state index >= 15 is 0 Å². The maximum absolute atomic E-state index is 13.1. The van der Waals surface area contributed by atoms with Crippen LogP contribution < -0.4 is 9.64 Å². The van der Waals surface area contributed by atoms with Gasteiger partial charge in [-0.15, -0.1) is 0 Å². The van der Waals surface area contributed by atoms with Gasteiger partial charge in [-0.2, -0.15) is 0 Å². The fourth-order valence-corrected chi connectivity index (χ4v) is 4.30. The second kappa shape index (κ2) is 6.74. The van der Waals surface area contributed by atoms with Crippen molar-refractivity contribution in [1.82, 2.24) is 4.31 Å². The zero-order valence-electron chi connectivity index (χ0n) is 15.3. The van der Waals surface area contributed by atoms with Crippen LogP contribution in [0.1, 0.15) is 22.8 Å². The van der Waals surface area contributed by atoms with Crippen LogP contribution in [0.15, 0.2) is 47.4 Å². The molecule has 0 aromatic heterocycles. The van der Waals surface area contributed by atoms with E-state index in [2.05, 4.69) is 0 Å². The molecule has 1 heterocycles. The molecule has 0 spiro atoms. The van der Waals surface area contributed by atoms with E-state index in [0.717, 1.165) is 22.0 Å². The molecular formula is C19H22N2O4S. The first kappa shape index (κ1) is 18.4. The van der Waals surface area contributed by atoms with Crippen LogP contribution in [0.3, 0.4) is 0 Å². The molecule has 0 radical (unpaired) electrons. The highest BCUT2D eigenvalue weighted by Gasteiger charge is 2.32. The third-order valence-electron chi connectivity index (χ3n) is 4.60. The topological polar surface area (TPSA) is 66.9 Å². The lowest BCUT2D eigenvalue weighted by atomic mass is 10.1. The Labute approximate surface area is 154 Å². The molecule has 1 aliphatic rings. The van der Waals surface area contributed by atoms with E-state index < -0.39 is 10.0 Å². The number of sulfonamides is 1. The Morgan fingerprint density at radius 3 is 2.54 bits per heavy atom. The fraction of sp³-hybridized carbons (Fsp3) is 0.316. The number of fused-ring (bicyclic) bond motifs is 1. The first-order valence-electron chi connectivity index (χ1n) is 8.29. The van der Waals surface area contributed by atoms with Gasteiger partial charge in [-0.3, -0.25) is 4.79 Å². The van der Waals surface area contributed by atoms with E-state index in [1.807, 2.05) is 31.2 Å². The average Bonchev–Trinajstić information content (AvgIpc) is 2.96. The monoisotopic (exact) mass is 374 g/mol. The molecule has 26 heavy (non-hydrogen) atoms. The van der Waals surface area contributed by atoms with Gasteiger partial charge in [0.2, 0.25) is 10.0 Å². The number of benzene rings is 2. The summed E-state index contributed by atoms with van der Waals surface area (Å²) in [5.41, 5.74) is 2.30. The zero-order valence-corrected chi connectivity index (χ0v) is 16.1. The van der Waals surface area contributed by atoms with Gasteiger partial charge in [-0.1, -0.05) is 18.2 Å². The van der Waals surface area contributed by atoms with Crippen molar-refractivity contribution in [2.75, 3.05) is 26.1 Å². The van der Waals surface area contributed by atoms with Crippen LogP contribution in [0.4, 0.5) is 5.69 Å². The van der Waals surface area contributed by atoms with Crippen molar-refractivity contribution in [2.24, 2.45) is 0 Å². The smallest absolute Gasteiger partial charge is 0.258 e. The van der Waals surface area contributed by atoms with Crippen LogP contribution in [-0.2, 0) is 16.4 Å². The molecule has 3 rings (SSSR count). The van der Waals surface area contributed by atoms with E-state index in [-0.39, 0.29) is 22.6 Å². The van der Waals surface area contributed by atoms with E-state index in [0.29, 0.717) is 5.56 Å². The highest BCUT2D eigenvalue weighted by atomic mass is 32.2. The minimum atomic E-state index is -3.74. The molecule has 2 aromatic rings. The Morgan fingerprint density at radius 1 is 1.19 bits per heavy atom. The number of ether oxygens (including phenoxy) is 1. The summed E-state index contributed by atoms with van der Waals surface area (Å²) in [5.74, 6) is -0.00886. The first-order valence-corrected chi connectivity index (χ1v) is 9.73. The predicted molar refractivity (Wildman–Crippen MR) is 100 cm³/mol. The number of hydrogen-bond acceptors (Lipinski definition) is 4. The van der Waals surface area contributed by atoms with Crippen LogP contribution in [0.25, 0.3) is 0 Å². The second-order valence-corrected chi connectivity index (χ2v) is 8.63. The summed E-state index contributed by atoms with van der Waals surface area (Å²) >= 11 is 0. The number of amides is 1. The van der Waals surface area contributed by atoms with Crippen molar-refractivity contribution in [3.05, 3.63) is 53.6 Å². The molecule has 0 saturated heterocycles. The summed E-state index contributed by atoms with van der Waals surface area (Å²) in [6, 6.07) is 12.3. The molecular weight excluding hydrogens is 352 g/mol. The van der Waals surface area contributed by atoms with E-state index in [9.17, 15) is 13.2 Å². The van der Waals surface area contributed by atoms with Gasteiger partial charge in [-0.25, -0.2) is 12.7 Å². The normalized spacial score (nSPS) is 16.7. The number of rotatable bonds is 4. The first-order chi connectivity index (χ1) is 12.3. The highest BCUT2D eigenvalue weighted by molar-refractivity contribution is 7.89. The lowest BCUT2D eigenvalue weighted by Crippen LogP contribution is -2.36. The van der Waals surface area contributed by atoms with Crippen molar-refractivity contribution in [3.8, 4) is 5.75 Å². The predicted octanol–water partition coefficient (Wildman–Crippen LogP) is 2.54. The molecule has 0 bridgehead atoms. The van der Waals surface area contributed by atoms with E-state index in [1.165, 1.54) is 33.3 Å². The van der Waals surface area contributed by atoms with Crippen LogP contribution in [-0.4, -0.2) is 45.9 Å². The van der Waals surface area contributed by atoms with Gasteiger partial charge in [0.15, 0.2) is 0 Å². The lowest BCUT2D eigenvalue weighted by Gasteiger charge is -2.23. The SMILES string of the molecule is COc1ccc(C(=O)N2c3ccccc3C[C@@H]2C)cc1S(=O)(=O)N(C)C. The number of methoxy groups -OCH3 is 1. The van der Waals surface area contributed by atoms with Crippen molar-refractivity contribution in [1.29, 1.82) is 0 Å². The number of nitrogens with zero attached hydrogens (tertiary/aromatic N) is 2. The molecule has 138 valence electrons. The van der Waals surface area contributed by atoms with Crippen molar-refractivity contribution < 1.29 is 17.9 Å². The van der Waals surface area contributed by atoms with Crippen LogP contribution in [0.2, 0.25) is 0 Å². The minimum Gasteiger partial charge on any atom is -0.495 e. The van der Waals surface area contributed by atoms with Gasteiger partial charge in [0, 0.05) is 31.4 Å². The molecule has 0 saturated carbocycles. The average molecular weight is 374 g/mol. The molecule has 2 aromatic carbocycles. The number of hydrogen-bond donors (Lipinski definition) is 0. The Balaban J connectivity index is 2.07. The summed E-state index contributed by atoms with van der Waals surface area (Å²) in [5, 5.41) is 0. The molecule has 0 N–H and O–H groups in total. The second-order valence-electron chi connectivity index (χ2n) is 6.51. The number of para-hydroxylation sites is 1. The van der Waals surface area contributed by atoms with Gasteiger partial charge in [0.05, 0.1) is 7.11 Å². The molecule has 1 atom stereocenters. The molecule has 0 unspecified atom stereocenters. The Hall–Kier alpha value is -2.38. The summed E-state index contributed by atoms with van der Waals surface area (Å²) in [6.07, 6.45) is 0.779. The number of anilines is 1. The molecule has 7 heteroatoms. The molecule has 1 aliphatic heterocycles. The van der Waals surface area contributed by atoms with Crippen molar-refractivity contribution in [2.45, 2.75) is 24.3 Å². The standard InChI is InChI=1S/C19H22N2O4S/c1-13-11-14-7-5-6-8-16(14)21(13)19(22)15-9-10-17(25-4)18(12-15)26(23,24)20(2)3/h5-10,12-13H,11H2,1-4H3/t13-/m0/s1. The van der Waals surface area contributed by atoms with Crippen LogP contribution in [0.5, 0.6) is 5.75 Å². The third kappa shape index (κ3) is 2.97. The van der Waals surface area contributed by atoms with Crippen LogP contribution >= 0.6 is 0 Å². The summed E-state index contributed by atoms with van der Waals surface area (Å²) in [6.45, 7) is 1.99. The Bertz CT molecular complexity index is 954. The minimum absolute atomic E-state index is 0.0101. The van der Waals surface area contributed by atoms with Gasteiger partial charge < -0.3 is 9.64 Å². The maximum atomic E-state index is 13.1. The summed E-state index contributed by atoms with van der Waals surface area (Å²) in [4.78, 5) is 14.9.